The fourth-order valence-corrected chi connectivity index (χ4v) is 1.95. The molecule has 1 saturated heterocycles. The molecule has 122 valence electrons. The van der Waals surface area contributed by atoms with Gasteiger partial charge in [0.2, 0.25) is 0 Å². The van der Waals surface area contributed by atoms with Gasteiger partial charge in [0, 0.05) is 21.0 Å². The van der Waals surface area contributed by atoms with Crippen LogP contribution < -0.4 is 0 Å². The third kappa shape index (κ3) is 3.44. The van der Waals surface area contributed by atoms with Crippen LogP contribution in [0.1, 0.15) is 13.8 Å². The molecule has 0 aromatic rings. The zero-order valence-electron chi connectivity index (χ0n) is 11.5. The standard InChI is InChI=1S/C11H15F3O7/c1-5(15)19-4-7-8(20-6(2)16)10(17,11(12,13)14)9(18-3)21-7/h7-9,17H,4H2,1-3H3/t7?,8?,9?,10-/m1/s1. The largest absolute Gasteiger partial charge is 0.463 e. The number of hydrogen-bond acceptors (Lipinski definition) is 7. The average Bonchev–Trinajstić information content (AvgIpc) is 2.60. The molecule has 1 fully saturated rings. The lowest BCUT2D eigenvalue weighted by Crippen LogP contribution is -2.61. The minimum atomic E-state index is -5.20. The molecule has 3 unspecified atom stereocenters. The van der Waals surface area contributed by atoms with Crippen molar-refractivity contribution in [3.8, 4) is 0 Å². The van der Waals surface area contributed by atoms with Gasteiger partial charge in [-0.05, 0) is 0 Å². The normalized spacial score (nSPS) is 32.8. The molecule has 1 N–H and O–H groups in total. The van der Waals surface area contributed by atoms with Crippen molar-refractivity contribution in [3.05, 3.63) is 0 Å². The predicted molar refractivity (Wildman–Crippen MR) is 58.9 cm³/mol. The fourth-order valence-electron chi connectivity index (χ4n) is 1.95. The van der Waals surface area contributed by atoms with Gasteiger partial charge >= 0.3 is 18.1 Å². The Bertz CT molecular complexity index is 411. The van der Waals surface area contributed by atoms with Crippen LogP contribution in [0.3, 0.4) is 0 Å². The van der Waals surface area contributed by atoms with Gasteiger partial charge in [-0.3, -0.25) is 9.59 Å². The van der Waals surface area contributed by atoms with Crippen LogP contribution in [0.5, 0.6) is 0 Å². The molecule has 4 atom stereocenters. The van der Waals surface area contributed by atoms with Crippen LogP contribution in [0.25, 0.3) is 0 Å². The van der Waals surface area contributed by atoms with E-state index < -0.39 is 48.8 Å². The minimum Gasteiger partial charge on any atom is -0.463 e. The topological polar surface area (TPSA) is 91.3 Å². The molecule has 1 aliphatic heterocycles. The Morgan fingerprint density at radius 3 is 2.24 bits per heavy atom. The van der Waals surface area contributed by atoms with Crippen LogP contribution in [0.15, 0.2) is 0 Å². The van der Waals surface area contributed by atoms with Crippen molar-refractivity contribution in [2.24, 2.45) is 0 Å². The smallest absolute Gasteiger partial charge is 0.426 e. The number of alkyl halides is 3. The maximum absolute atomic E-state index is 13.1. The Labute approximate surface area is 117 Å². The lowest BCUT2D eigenvalue weighted by atomic mass is 9.94. The molecular formula is C11H15F3O7. The lowest BCUT2D eigenvalue weighted by molar-refractivity contribution is -0.326. The number of halogens is 3. The molecule has 0 aliphatic carbocycles. The van der Waals surface area contributed by atoms with E-state index in [1.807, 2.05) is 0 Å². The van der Waals surface area contributed by atoms with E-state index in [0.717, 1.165) is 21.0 Å². The molecule has 1 aliphatic rings. The molecule has 0 aromatic heterocycles. The molecule has 0 radical (unpaired) electrons. The van der Waals surface area contributed by atoms with Crippen LogP contribution in [-0.4, -0.2) is 61.0 Å². The lowest BCUT2D eigenvalue weighted by Gasteiger charge is -2.33. The summed E-state index contributed by atoms with van der Waals surface area (Å²) >= 11 is 0. The van der Waals surface area contributed by atoms with E-state index in [-0.39, 0.29) is 0 Å². The molecule has 21 heavy (non-hydrogen) atoms. The first kappa shape index (κ1) is 17.7. The number of aliphatic hydroxyl groups is 1. The number of ether oxygens (including phenoxy) is 4. The van der Waals surface area contributed by atoms with Crippen molar-refractivity contribution in [1.29, 1.82) is 0 Å². The van der Waals surface area contributed by atoms with Gasteiger partial charge in [0.05, 0.1) is 0 Å². The summed E-state index contributed by atoms with van der Waals surface area (Å²) in [5, 5.41) is 9.94. The van der Waals surface area contributed by atoms with E-state index in [4.69, 9.17) is 4.74 Å². The predicted octanol–water partition coefficient (Wildman–Crippen LogP) is 0.146. The van der Waals surface area contributed by atoms with Crippen molar-refractivity contribution in [2.45, 2.75) is 44.1 Å². The number of carbonyl (C=O) groups is 2. The molecule has 1 rings (SSSR count). The zero-order chi connectivity index (χ0) is 16.4. The molecule has 0 aromatic carbocycles. The van der Waals surface area contributed by atoms with Crippen LogP contribution in [0.2, 0.25) is 0 Å². The summed E-state index contributed by atoms with van der Waals surface area (Å²) in [5.74, 6) is -1.83. The van der Waals surface area contributed by atoms with Gasteiger partial charge in [-0.15, -0.1) is 0 Å². The first-order valence-corrected chi connectivity index (χ1v) is 5.82. The first-order chi connectivity index (χ1) is 9.53. The van der Waals surface area contributed by atoms with Crippen molar-refractivity contribution in [3.63, 3.8) is 0 Å². The summed E-state index contributed by atoms with van der Waals surface area (Å²) in [5.41, 5.74) is -3.57. The van der Waals surface area contributed by atoms with Crippen molar-refractivity contribution in [1.82, 2.24) is 0 Å². The maximum Gasteiger partial charge on any atom is 0.426 e. The van der Waals surface area contributed by atoms with Gasteiger partial charge in [0.1, 0.15) is 12.7 Å². The second-order valence-electron chi connectivity index (χ2n) is 4.40. The van der Waals surface area contributed by atoms with Gasteiger partial charge in [0.15, 0.2) is 12.4 Å². The van der Waals surface area contributed by atoms with Gasteiger partial charge in [-0.2, -0.15) is 13.2 Å². The third-order valence-electron chi connectivity index (χ3n) is 2.84. The summed E-state index contributed by atoms with van der Waals surface area (Å²) in [6.45, 7) is 1.28. The van der Waals surface area contributed by atoms with E-state index >= 15 is 0 Å². The Balaban J connectivity index is 3.11. The highest BCUT2D eigenvalue weighted by Crippen LogP contribution is 2.45. The average molecular weight is 316 g/mol. The van der Waals surface area contributed by atoms with E-state index in [1.54, 1.807) is 0 Å². The summed E-state index contributed by atoms with van der Waals surface area (Å²) in [7, 11) is 0.889. The van der Waals surface area contributed by atoms with Crippen LogP contribution >= 0.6 is 0 Å². The monoisotopic (exact) mass is 316 g/mol. The highest BCUT2D eigenvalue weighted by molar-refractivity contribution is 5.67. The summed E-state index contributed by atoms with van der Waals surface area (Å²) < 4.78 is 57.9. The number of hydrogen-bond donors (Lipinski definition) is 1. The van der Waals surface area contributed by atoms with E-state index in [2.05, 4.69) is 14.2 Å². The Kier molecular flexibility index (Phi) is 5.18. The van der Waals surface area contributed by atoms with Gasteiger partial charge in [-0.1, -0.05) is 0 Å². The highest BCUT2D eigenvalue weighted by Gasteiger charge is 2.72. The maximum atomic E-state index is 13.1. The summed E-state index contributed by atoms with van der Waals surface area (Å²) in [6, 6.07) is 0. The molecule has 0 amide bonds. The Hall–Kier alpha value is -1.39. The quantitative estimate of drug-likeness (QED) is 0.738. The fraction of sp³-hybridized carbons (Fsp3) is 0.818. The van der Waals surface area contributed by atoms with Gasteiger partial charge in [0.25, 0.3) is 5.60 Å². The van der Waals surface area contributed by atoms with Crippen LogP contribution in [0, 0.1) is 0 Å². The summed E-state index contributed by atoms with van der Waals surface area (Å²) in [6.07, 6.45) is -11.0. The van der Waals surface area contributed by atoms with Crippen molar-refractivity contribution >= 4 is 11.9 Å². The van der Waals surface area contributed by atoms with Gasteiger partial charge in [-0.25, -0.2) is 0 Å². The first-order valence-electron chi connectivity index (χ1n) is 5.82. The number of methoxy groups -OCH3 is 1. The second kappa shape index (κ2) is 6.16. The van der Waals surface area contributed by atoms with E-state index in [9.17, 15) is 27.9 Å². The molecule has 10 heteroatoms. The second-order valence-corrected chi connectivity index (χ2v) is 4.40. The van der Waals surface area contributed by atoms with Crippen molar-refractivity contribution in [2.75, 3.05) is 13.7 Å². The SMILES string of the molecule is COC1OC(COC(C)=O)C(OC(C)=O)[C@]1(O)C(F)(F)F. The van der Waals surface area contributed by atoms with Gasteiger partial charge < -0.3 is 24.1 Å². The van der Waals surface area contributed by atoms with E-state index in [1.165, 1.54) is 0 Å². The minimum absolute atomic E-state index is 0.633. The Morgan fingerprint density at radius 1 is 1.29 bits per heavy atom. The van der Waals surface area contributed by atoms with Crippen molar-refractivity contribution < 1.29 is 46.8 Å². The Morgan fingerprint density at radius 2 is 1.86 bits per heavy atom. The number of carbonyl (C=O) groups excluding carboxylic acids is 2. The van der Waals surface area contributed by atoms with Crippen LogP contribution in [-0.2, 0) is 28.5 Å². The molecule has 0 saturated carbocycles. The molecule has 0 bridgehead atoms. The highest BCUT2D eigenvalue weighted by atomic mass is 19.4. The summed E-state index contributed by atoms with van der Waals surface area (Å²) in [4.78, 5) is 21.7. The number of esters is 2. The third-order valence-corrected chi connectivity index (χ3v) is 2.84. The molecule has 1 heterocycles. The molecule has 7 nitrogen and oxygen atoms in total. The molecule has 0 spiro atoms. The van der Waals surface area contributed by atoms with Crippen LogP contribution in [0.4, 0.5) is 13.2 Å². The molecular weight excluding hydrogens is 301 g/mol. The van der Waals surface area contributed by atoms with E-state index in [0.29, 0.717) is 0 Å². The number of rotatable bonds is 4. The zero-order valence-corrected chi connectivity index (χ0v) is 11.5.